The van der Waals surface area contributed by atoms with Crippen molar-refractivity contribution in [3.63, 3.8) is 0 Å². The molecule has 2 fully saturated rings. The second-order valence-electron chi connectivity index (χ2n) is 9.82. The van der Waals surface area contributed by atoms with Crippen LogP contribution in [0.2, 0.25) is 0 Å². The molecule has 34 heavy (non-hydrogen) atoms. The number of rotatable bonds is 4. The predicted octanol–water partition coefficient (Wildman–Crippen LogP) is 4.32. The minimum atomic E-state index is -0.154. The second-order valence-corrected chi connectivity index (χ2v) is 9.82. The number of nitrogens with zero attached hydrogens (tertiary/aromatic N) is 2. The number of urea groups is 1. The van der Waals surface area contributed by atoms with Crippen molar-refractivity contribution < 1.29 is 9.53 Å². The van der Waals surface area contributed by atoms with E-state index in [1.165, 1.54) is 11.1 Å². The SMILES string of the molecule is CN1C2COCC1CC(NC(=O)Nc1ccc3nc(NC4CCc5ccccc54)ccc3c1)C2. The summed E-state index contributed by atoms with van der Waals surface area (Å²) in [6, 6.07) is 19.7. The van der Waals surface area contributed by atoms with Crippen molar-refractivity contribution >= 4 is 28.4 Å². The molecule has 2 aromatic carbocycles. The van der Waals surface area contributed by atoms with Crippen LogP contribution in [-0.2, 0) is 11.2 Å². The molecule has 0 radical (unpaired) electrons. The number of fused-ring (bicyclic) bond motifs is 4. The van der Waals surface area contributed by atoms with E-state index in [0.29, 0.717) is 18.1 Å². The Kier molecular flexibility index (Phi) is 5.59. The number of hydrogen-bond acceptors (Lipinski definition) is 5. The Morgan fingerprint density at radius 1 is 1.06 bits per heavy atom. The quantitative estimate of drug-likeness (QED) is 0.544. The average Bonchev–Trinajstić information content (AvgIpc) is 3.23. The minimum absolute atomic E-state index is 0.154. The summed E-state index contributed by atoms with van der Waals surface area (Å²) in [7, 11) is 2.16. The Hall–Kier alpha value is -3.16. The number of likely N-dealkylation sites (N-methyl/N-ethyl adjacent to an activating group) is 1. The summed E-state index contributed by atoms with van der Waals surface area (Å²) in [4.78, 5) is 19.9. The minimum Gasteiger partial charge on any atom is -0.378 e. The fourth-order valence-corrected chi connectivity index (χ4v) is 5.73. The molecule has 2 aliphatic heterocycles. The van der Waals surface area contributed by atoms with Crippen LogP contribution in [0.25, 0.3) is 10.9 Å². The number of benzene rings is 2. The van der Waals surface area contributed by atoms with Gasteiger partial charge in [-0.2, -0.15) is 0 Å². The standard InChI is InChI=1S/C27H31N5O2/c1-32-21-13-20(14-22(32)16-34-15-21)29-27(33)28-19-8-10-24-18(12-19)7-11-26(30-24)31-25-9-6-17-4-2-3-5-23(17)25/h2-5,7-8,10-12,20-22,25H,6,9,13-16H2,1H3,(H,30,31)(H2,28,29,33). The molecule has 3 heterocycles. The number of pyridine rings is 1. The topological polar surface area (TPSA) is 78.5 Å². The first-order valence-electron chi connectivity index (χ1n) is 12.2. The summed E-state index contributed by atoms with van der Waals surface area (Å²) >= 11 is 0. The smallest absolute Gasteiger partial charge is 0.319 e. The van der Waals surface area contributed by atoms with Gasteiger partial charge in [0.25, 0.3) is 0 Å². The molecule has 3 N–H and O–H groups in total. The van der Waals surface area contributed by atoms with E-state index in [1.54, 1.807) is 0 Å². The lowest BCUT2D eigenvalue weighted by molar-refractivity contribution is -0.0666. The average molecular weight is 458 g/mol. The highest BCUT2D eigenvalue weighted by Crippen LogP contribution is 2.33. The molecule has 176 valence electrons. The van der Waals surface area contributed by atoms with Crippen molar-refractivity contribution in [3.8, 4) is 0 Å². The van der Waals surface area contributed by atoms with E-state index in [1.807, 2.05) is 24.3 Å². The van der Waals surface area contributed by atoms with E-state index in [4.69, 9.17) is 9.72 Å². The molecule has 2 saturated heterocycles. The lowest BCUT2D eigenvalue weighted by atomic mass is 9.91. The number of carbonyl (C=O) groups is 1. The van der Waals surface area contributed by atoms with Crippen molar-refractivity contribution in [1.82, 2.24) is 15.2 Å². The van der Waals surface area contributed by atoms with Crippen LogP contribution < -0.4 is 16.0 Å². The maximum atomic E-state index is 12.7. The van der Waals surface area contributed by atoms with Crippen LogP contribution in [0.1, 0.15) is 36.4 Å². The van der Waals surface area contributed by atoms with Crippen LogP contribution >= 0.6 is 0 Å². The van der Waals surface area contributed by atoms with Gasteiger partial charge in [-0.15, -0.1) is 0 Å². The molecule has 2 bridgehead atoms. The molecule has 3 unspecified atom stereocenters. The zero-order valence-corrected chi connectivity index (χ0v) is 19.5. The van der Waals surface area contributed by atoms with E-state index in [0.717, 1.165) is 61.3 Å². The second kappa shape index (κ2) is 8.89. The molecule has 3 atom stereocenters. The third-order valence-corrected chi connectivity index (χ3v) is 7.62. The molecule has 1 aliphatic carbocycles. The number of anilines is 2. The Morgan fingerprint density at radius 2 is 1.88 bits per heavy atom. The van der Waals surface area contributed by atoms with E-state index in [9.17, 15) is 4.79 Å². The lowest BCUT2D eigenvalue weighted by Crippen LogP contribution is -2.59. The molecule has 1 aromatic heterocycles. The fraction of sp³-hybridized carbons (Fsp3) is 0.407. The summed E-state index contributed by atoms with van der Waals surface area (Å²) < 4.78 is 5.68. The normalized spacial score (nSPS) is 26.1. The summed E-state index contributed by atoms with van der Waals surface area (Å²) in [6.07, 6.45) is 4.03. The summed E-state index contributed by atoms with van der Waals surface area (Å²) in [5, 5.41) is 10.8. The van der Waals surface area contributed by atoms with Crippen LogP contribution in [0.4, 0.5) is 16.3 Å². The van der Waals surface area contributed by atoms with Gasteiger partial charge in [-0.05, 0) is 74.2 Å². The third kappa shape index (κ3) is 4.21. The highest BCUT2D eigenvalue weighted by atomic mass is 16.5. The number of amides is 2. The van der Waals surface area contributed by atoms with Gasteiger partial charge in [0.1, 0.15) is 5.82 Å². The molecule has 2 amide bonds. The van der Waals surface area contributed by atoms with Gasteiger partial charge >= 0.3 is 6.03 Å². The van der Waals surface area contributed by atoms with Crippen LogP contribution in [0.15, 0.2) is 54.6 Å². The number of aromatic nitrogens is 1. The Morgan fingerprint density at radius 3 is 2.74 bits per heavy atom. The number of hydrogen-bond donors (Lipinski definition) is 3. The van der Waals surface area contributed by atoms with Crippen LogP contribution in [0.5, 0.6) is 0 Å². The maximum absolute atomic E-state index is 12.7. The largest absolute Gasteiger partial charge is 0.378 e. The first-order valence-corrected chi connectivity index (χ1v) is 12.2. The van der Waals surface area contributed by atoms with Gasteiger partial charge in [-0.25, -0.2) is 9.78 Å². The summed E-state index contributed by atoms with van der Waals surface area (Å²) in [5.41, 5.74) is 4.47. The van der Waals surface area contributed by atoms with E-state index < -0.39 is 0 Å². The highest BCUT2D eigenvalue weighted by Gasteiger charge is 2.37. The molecule has 6 rings (SSSR count). The molecule has 7 nitrogen and oxygen atoms in total. The first kappa shape index (κ1) is 21.4. The summed E-state index contributed by atoms with van der Waals surface area (Å²) in [5.74, 6) is 0.879. The van der Waals surface area contributed by atoms with Crippen molar-refractivity contribution in [2.24, 2.45) is 0 Å². The highest BCUT2D eigenvalue weighted by molar-refractivity contribution is 5.93. The number of aryl methyl sites for hydroxylation is 1. The summed E-state index contributed by atoms with van der Waals surface area (Å²) in [6.45, 7) is 1.49. The van der Waals surface area contributed by atoms with Gasteiger partial charge in [0, 0.05) is 29.2 Å². The number of nitrogens with one attached hydrogen (secondary N) is 3. The Labute approximate surface area is 199 Å². The van der Waals surface area contributed by atoms with Crippen LogP contribution in [0, 0.1) is 0 Å². The molecule has 3 aromatic rings. The van der Waals surface area contributed by atoms with Gasteiger partial charge in [-0.1, -0.05) is 24.3 Å². The predicted molar refractivity (Wildman–Crippen MR) is 134 cm³/mol. The Bertz CT molecular complexity index is 1200. The van der Waals surface area contributed by atoms with E-state index >= 15 is 0 Å². The third-order valence-electron chi connectivity index (χ3n) is 7.62. The number of ether oxygens (including phenoxy) is 1. The molecule has 0 saturated carbocycles. The number of carbonyl (C=O) groups excluding carboxylic acids is 1. The van der Waals surface area contributed by atoms with Gasteiger partial charge < -0.3 is 20.7 Å². The first-order chi connectivity index (χ1) is 16.6. The zero-order valence-electron chi connectivity index (χ0n) is 19.5. The van der Waals surface area contributed by atoms with Gasteiger partial charge in [0.2, 0.25) is 0 Å². The van der Waals surface area contributed by atoms with Crippen molar-refractivity contribution in [3.05, 3.63) is 65.7 Å². The van der Waals surface area contributed by atoms with E-state index in [2.05, 4.69) is 58.2 Å². The molecule has 0 spiro atoms. The van der Waals surface area contributed by atoms with E-state index in [-0.39, 0.29) is 12.1 Å². The van der Waals surface area contributed by atoms with Crippen molar-refractivity contribution in [2.75, 3.05) is 30.9 Å². The van der Waals surface area contributed by atoms with Crippen molar-refractivity contribution in [1.29, 1.82) is 0 Å². The van der Waals surface area contributed by atoms with Crippen LogP contribution in [0.3, 0.4) is 0 Å². The monoisotopic (exact) mass is 457 g/mol. The van der Waals surface area contributed by atoms with Crippen molar-refractivity contribution in [2.45, 2.75) is 49.9 Å². The van der Waals surface area contributed by atoms with Gasteiger partial charge in [-0.3, -0.25) is 4.90 Å². The molecule has 7 heteroatoms. The molecular formula is C27H31N5O2. The van der Waals surface area contributed by atoms with Gasteiger partial charge in [0.05, 0.1) is 24.8 Å². The maximum Gasteiger partial charge on any atom is 0.319 e. The number of piperidine rings is 1. The van der Waals surface area contributed by atoms with Crippen LogP contribution in [-0.4, -0.2) is 54.3 Å². The zero-order chi connectivity index (χ0) is 23.1. The molecule has 3 aliphatic rings. The number of morpholine rings is 1. The Balaban J connectivity index is 1.09. The van der Waals surface area contributed by atoms with Gasteiger partial charge in [0.15, 0.2) is 0 Å². The lowest BCUT2D eigenvalue weighted by Gasteiger charge is -2.46. The fourth-order valence-electron chi connectivity index (χ4n) is 5.73. The molecular weight excluding hydrogens is 426 g/mol.